The molecule has 1 saturated heterocycles. The van der Waals surface area contributed by atoms with Crippen molar-refractivity contribution in [1.82, 2.24) is 5.32 Å². The van der Waals surface area contributed by atoms with Gasteiger partial charge in [-0.1, -0.05) is 13.8 Å². The molecule has 5 nitrogen and oxygen atoms in total. The number of rotatable bonds is 5. The van der Waals surface area contributed by atoms with Gasteiger partial charge in [-0.05, 0) is 25.2 Å². The maximum atomic E-state index is 11.8. The lowest BCUT2D eigenvalue weighted by molar-refractivity contribution is -0.146. The highest BCUT2D eigenvalue weighted by Crippen LogP contribution is 2.15. The molecule has 0 aliphatic carbocycles. The second-order valence-corrected chi connectivity index (χ2v) is 5.01. The van der Waals surface area contributed by atoms with E-state index in [4.69, 9.17) is 4.74 Å². The van der Waals surface area contributed by atoms with Crippen molar-refractivity contribution in [1.29, 1.82) is 0 Å². The van der Waals surface area contributed by atoms with Gasteiger partial charge in [-0.3, -0.25) is 4.79 Å². The van der Waals surface area contributed by atoms with Gasteiger partial charge in [0.1, 0.15) is 6.04 Å². The molecule has 0 aromatic rings. The van der Waals surface area contributed by atoms with E-state index in [1.807, 2.05) is 13.8 Å². The van der Waals surface area contributed by atoms with Gasteiger partial charge in [0.05, 0.1) is 19.6 Å². The SMILES string of the molecule is COC(=O)C(NC(=O)CC1CCCCO1)C(C)C. The minimum absolute atomic E-state index is 0.00803. The average molecular weight is 257 g/mol. The van der Waals surface area contributed by atoms with Gasteiger partial charge in [0.25, 0.3) is 0 Å². The molecular formula is C13H23NO4. The zero-order valence-corrected chi connectivity index (χ0v) is 11.4. The fourth-order valence-corrected chi connectivity index (χ4v) is 2.03. The molecular weight excluding hydrogens is 234 g/mol. The summed E-state index contributed by atoms with van der Waals surface area (Å²) in [6, 6.07) is -0.578. The maximum Gasteiger partial charge on any atom is 0.328 e. The van der Waals surface area contributed by atoms with E-state index in [0.29, 0.717) is 6.42 Å². The summed E-state index contributed by atoms with van der Waals surface area (Å²) in [5, 5.41) is 2.72. The molecule has 1 aliphatic heterocycles. The highest BCUT2D eigenvalue weighted by molar-refractivity contribution is 5.84. The van der Waals surface area contributed by atoms with Gasteiger partial charge in [-0.2, -0.15) is 0 Å². The number of esters is 1. The van der Waals surface area contributed by atoms with E-state index < -0.39 is 12.0 Å². The van der Waals surface area contributed by atoms with Crippen LogP contribution in [0.1, 0.15) is 39.5 Å². The Balaban J connectivity index is 2.42. The van der Waals surface area contributed by atoms with Crippen molar-refractivity contribution in [3.05, 3.63) is 0 Å². The van der Waals surface area contributed by atoms with Gasteiger partial charge in [-0.15, -0.1) is 0 Å². The number of ether oxygens (including phenoxy) is 2. The summed E-state index contributed by atoms with van der Waals surface area (Å²) < 4.78 is 10.2. The lowest BCUT2D eigenvalue weighted by Crippen LogP contribution is -2.46. The molecule has 1 N–H and O–H groups in total. The second-order valence-electron chi connectivity index (χ2n) is 5.01. The maximum absolute atomic E-state index is 11.8. The van der Waals surface area contributed by atoms with Gasteiger partial charge < -0.3 is 14.8 Å². The summed E-state index contributed by atoms with van der Waals surface area (Å²) in [5.41, 5.74) is 0. The number of carbonyl (C=O) groups excluding carboxylic acids is 2. The Labute approximate surface area is 108 Å². The monoisotopic (exact) mass is 257 g/mol. The highest BCUT2D eigenvalue weighted by Gasteiger charge is 2.26. The Bertz CT molecular complexity index is 285. The van der Waals surface area contributed by atoms with Crippen LogP contribution in [0, 0.1) is 5.92 Å². The van der Waals surface area contributed by atoms with E-state index in [0.717, 1.165) is 25.9 Å². The van der Waals surface area contributed by atoms with Gasteiger partial charge >= 0.3 is 5.97 Å². The van der Waals surface area contributed by atoms with E-state index >= 15 is 0 Å². The van der Waals surface area contributed by atoms with Crippen LogP contribution in [-0.4, -0.2) is 37.7 Å². The van der Waals surface area contributed by atoms with E-state index in [9.17, 15) is 9.59 Å². The van der Waals surface area contributed by atoms with E-state index in [1.165, 1.54) is 7.11 Å². The van der Waals surface area contributed by atoms with Crippen LogP contribution in [0.4, 0.5) is 0 Å². The summed E-state index contributed by atoms with van der Waals surface area (Å²) in [6.07, 6.45) is 3.39. The number of carbonyl (C=O) groups is 2. The Morgan fingerprint density at radius 3 is 2.61 bits per heavy atom. The molecule has 0 spiro atoms. The molecule has 0 bridgehead atoms. The van der Waals surface area contributed by atoms with Crippen LogP contribution in [0.5, 0.6) is 0 Å². The zero-order valence-electron chi connectivity index (χ0n) is 11.4. The first-order valence-electron chi connectivity index (χ1n) is 6.53. The van der Waals surface area contributed by atoms with Crippen molar-refractivity contribution in [2.45, 2.75) is 51.7 Å². The van der Waals surface area contributed by atoms with Crippen molar-refractivity contribution in [2.75, 3.05) is 13.7 Å². The Morgan fingerprint density at radius 1 is 1.39 bits per heavy atom. The molecule has 104 valence electrons. The molecule has 0 aromatic carbocycles. The standard InChI is InChI=1S/C13H23NO4/c1-9(2)12(13(16)17-3)14-11(15)8-10-6-4-5-7-18-10/h9-10,12H,4-8H2,1-3H3,(H,14,15). The van der Waals surface area contributed by atoms with Crippen LogP contribution in [0.25, 0.3) is 0 Å². The molecule has 0 aromatic heterocycles. The number of nitrogens with one attached hydrogen (secondary N) is 1. The molecule has 0 radical (unpaired) electrons. The normalized spacial score (nSPS) is 21.4. The van der Waals surface area contributed by atoms with Crippen LogP contribution in [0.2, 0.25) is 0 Å². The topological polar surface area (TPSA) is 64.6 Å². The molecule has 1 aliphatic rings. The first kappa shape index (κ1) is 15.0. The fourth-order valence-electron chi connectivity index (χ4n) is 2.03. The summed E-state index contributed by atoms with van der Waals surface area (Å²) in [6.45, 7) is 4.47. The van der Waals surface area contributed by atoms with Gasteiger partial charge in [0.15, 0.2) is 0 Å². The minimum atomic E-state index is -0.578. The van der Waals surface area contributed by atoms with Crippen molar-refractivity contribution >= 4 is 11.9 Å². The molecule has 1 heterocycles. The second kappa shape index (κ2) is 7.36. The summed E-state index contributed by atoms with van der Waals surface area (Å²) in [4.78, 5) is 23.4. The predicted octanol–water partition coefficient (Wildman–Crippen LogP) is 1.26. The lowest BCUT2D eigenvalue weighted by atomic mass is 10.0. The van der Waals surface area contributed by atoms with E-state index in [1.54, 1.807) is 0 Å². The molecule has 2 unspecified atom stereocenters. The van der Waals surface area contributed by atoms with Crippen LogP contribution in [0.15, 0.2) is 0 Å². The molecule has 1 fully saturated rings. The summed E-state index contributed by atoms with van der Waals surface area (Å²) in [5.74, 6) is -0.539. The lowest BCUT2D eigenvalue weighted by Gasteiger charge is -2.24. The highest BCUT2D eigenvalue weighted by atomic mass is 16.5. The smallest absolute Gasteiger partial charge is 0.328 e. The van der Waals surface area contributed by atoms with Gasteiger partial charge in [0, 0.05) is 6.61 Å². The fraction of sp³-hybridized carbons (Fsp3) is 0.846. The average Bonchev–Trinajstić information content (AvgIpc) is 2.36. The third-order valence-electron chi connectivity index (χ3n) is 3.13. The molecule has 18 heavy (non-hydrogen) atoms. The van der Waals surface area contributed by atoms with Crippen molar-refractivity contribution in [3.63, 3.8) is 0 Å². The Morgan fingerprint density at radius 2 is 2.11 bits per heavy atom. The molecule has 0 saturated carbocycles. The van der Waals surface area contributed by atoms with E-state index in [2.05, 4.69) is 10.1 Å². The van der Waals surface area contributed by atoms with E-state index in [-0.39, 0.29) is 17.9 Å². The zero-order chi connectivity index (χ0) is 13.5. The number of hydrogen-bond donors (Lipinski definition) is 1. The van der Waals surface area contributed by atoms with Crippen molar-refractivity contribution < 1.29 is 19.1 Å². The summed E-state index contributed by atoms with van der Waals surface area (Å²) >= 11 is 0. The molecule has 1 rings (SSSR count). The summed E-state index contributed by atoms with van der Waals surface area (Å²) in [7, 11) is 1.33. The number of amides is 1. The Hall–Kier alpha value is -1.10. The predicted molar refractivity (Wildman–Crippen MR) is 67.0 cm³/mol. The quantitative estimate of drug-likeness (QED) is 0.753. The largest absolute Gasteiger partial charge is 0.467 e. The molecule has 5 heteroatoms. The molecule has 2 atom stereocenters. The first-order valence-corrected chi connectivity index (χ1v) is 6.53. The van der Waals surface area contributed by atoms with Crippen LogP contribution >= 0.6 is 0 Å². The number of hydrogen-bond acceptors (Lipinski definition) is 4. The van der Waals surface area contributed by atoms with Crippen LogP contribution < -0.4 is 5.32 Å². The van der Waals surface area contributed by atoms with Crippen LogP contribution in [-0.2, 0) is 19.1 Å². The Kier molecular flexibility index (Phi) is 6.12. The third kappa shape index (κ3) is 4.64. The third-order valence-corrected chi connectivity index (χ3v) is 3.13. The van der Waals surface area contributed by atoms with Crippen molar-refractivity contribution in [3.8, 4) is 0 Å². The van der Waals surface area contributed by atoms with Gasteiger partial charge in [-0.25, -0.2) is 4.79 Å². The first-order chi connectivity index (χ1) is 8.54. The number of methoxy groups -OCH3 is 1. The van der Waals surface area contributed by atoms with Crippen molar-refractivity contribution in [2.24, 2.45) is 5.92 Å². The minimum Gasteiger partial charge on any atom is -0.467 e. The molecule has 1 amide bonds. The van der Waals surface area contributed by atoms with Gasteiger partial charge in [0.2, 0.25) is 5.91 Å². The van der Waals surface area contributed by atoms with Crippen LogP contribution in [0.3, 0.4) is 0 Å².